The molecule has 5 heterocycles. The molecule has 858 valence electrons. The first-order valence-electron chi connectivity index (χ1n) is 50.3. The molecule has 5 aliphatic heterocycles. The summed E-state index contributed by atoms with van der Waals surface area (Å²) in [6.45, 7) is 17.3. The fourth-order valence-electron chi connectivity index (χ4n) is 23.1. The Balaban J connectivity index is 0.988. The third-order valence-electron chi connectivity index (χ3n) is 31.4. The molecule has 10 aliphatic rings. The first-order chi connectivity index (χ1) is 70.0. The van der Waals surface area contributed by atoms with Crippen LogP contribution >= 0.6 is 0 Å². The lowest BCUT2D eigenvalue weighted by atomic mass is 9.33. The lowest BCUT2D eigenvalue weighted by Crippen LogP contribution is -2.69. The van der Waals surface area contributed by atoms with Crippen LogP contribution in [0.3, 0.4) is 0 Å². The number of amides is 1. The molecule has 0 radical (unpaired) electrons. The van der Waals surface area contributed by atoms with E-state index in [0.717, 1.165) is 26.3 Å². The van der Waals surface area contributed by atoms with Gasteiger partial charge in [0.1, 0.15) is 146 Å². The second-order valence-corrected chi connectivity index (χ2v) is 42.0. The highest BCUT2D eigenvalue weighted by atomic mass is 16.8. The normalized spacial score (nSPS) is 40.3. The number of aliphatic hydroxyl groups is 26. The molecular formula is C94H157N5O50. The number of nitrogens with zero attached hydrogens (tertiary/aromatic N) is 4. The van der Waals surface area contributed by atoms with Crippen molar-refractivity contribution in [2.24, 2.45) is 61.0 Å². The largest absolute Gasteiger partial charge is 0.505 e. The second-order valence-electron chi connectivity index (χ2n) is 42.0. The summed E-state index contributed by atoms with van der Waals surface area (Å²) in [5.74, 6) is -9.90. The number of azide groups is 1. The molecule has 42 unspecified atom stereocenters. The van der Waals surface area contributed by atoms with E-state index in [2.05, 4.69) is 26.6 Å². The SMILES string of the molecule is CCC(OC(C)=O)C(OC1OCC(O)C(O)C1O)C(O)C(O)OC1C(C)OC(OC(=O)[C@@]2(O)C[C@]3(C)C(=CCC4[C@@]5(C)CC[C@H](OC(O)C(OC6OC(CO)C(O)C(O)C6O)C(OC(O)C(O)C(O)C(C)O)C(O)CC(=O)O)[C@@](C)(/C=N/NC(=O)CCOCCOCCOCCOCCN=[N+]=[N-])C5CC[C@]43C)C3CC(C)(C)CCC32)C(OC2OC(C)C(OC(O)/C(O)=C(/OC3OC(CO)C(O)C(O)C3O)C(C)O)C(O)C2O)C1O. The summed E-state index contributed by atoms with van der Waals surface area (Å²) in [4.78, 5) is 58.2. The van der Waals surface area contributed by atoms with Gasteiger partial charge in [-0.05, 0) is 137 Å². The number of hydrogen-bond donors (Lipinski definition) is 28. The lowest BCUT2D eigenvalue weighted by molar-refractivity contribution is -0.376. The third-order valence-corrected chi connectivity index (χ3v) is 31.4. The van der Waals surface area contributed by atoms with Crippen molar-refractivity contribution in [3.05, 3.63) is 33.6 Å². The van der Waals surface area contributed by atoms with E-state index in [-0.39, 0.29) is 104 Å². The van der Waals surface area contributed by atoms with Crippen LogP contribution < -0.4 is 5.43 Å². The molecule has 0 aromatic carbocycles. The summed E-state index contributed by atoms with van der Waals surface area (Å²) in [5, 5.41) is 313. The van der Waals surface area contributed by atoms with Gasteiger partial charge in [-0.3, -0.25) is 14.4 Å². The highest BCUT2D eigenvalue weighted by molar-refractivity contribution is 5.81. The van der Waals surface area contributed by atoms with Gasteiger partial charge in [0.15, 0.2) is 61.0 Å². The van der Waals surface area contributed by atoms with E-state index >= 15 is 4.79 Å². The number of esters is 2. The number of aliphatic hydroxyl groups excluding tert-OH is 25. The Morgan fingerprint density at radius 3 is 1.74 bits per heavy atom. The van der Waals surface area contributed by atoms with Crippen LogP contribution in [-0.4, -0.2) is 492 Å². The van der Waals surface area contributed by atoms with Gasteiger partial charge in [-0.2, -0.15) is 5.10 Å². The maximum absolute atomic E-state index is 16.5. The number of carbonyl (C=O) groups excluding carboxylic acids is 3. The molecule has 0 aromatic rings. The smallest absolute Gasteiger partial charge is 0.340 e. The minimum absolute atomic E-state index is 0.0485. The minimum atomic E-state index is -2.70. The van der Waals surface area contributed by atoms with Crippen molar-refractivity contribution < 1.29 is 247 Å². The van der Waals surface area contributed by atoms with Gasteiger partial charge >= 0.3 is 17.9 Å². The summed E-state index contributed by atoms with van der Waals surface area (Å²) in [7, 11) is 0. The van der Waals surface area contributed by atoms with Gasteiger partial charge < -0.3 is 228 Å². The monoisotopic (exact) mass is 2160 g/mol. The molecule has 48 atom stereocenters. The summed E-state index contributed by atoms with van der Waals surface area (Å²) < 4.78 is 111. The Morgan fingerprint density at radius 2 is 1.15 bits per heavy atom. The van der Waals surface area contributed by atoms with Crippen LogP contribution in [0, 0.1) is 50.7 Å². The number of hydrazone groups is 1. The number of ether oxygens (including phenoxy) is 19. The number of fused-ring (bicyclic) bond motifs is 7. The number of aliphatic carboxylic acids is 1. The molecule has 5 aliphatic carbocycles. The van der Waals surface area contributed by atoms with Crippen LogP contribution in [0.5, 0.6) is 0 Å². The summed E-state index contributed by atoms with van der Waals surface area (Å²) in [5.41, 5.74) is 3.97. The molecule has 9 fully saturated rings. The van der Waals surface area contributed by atoms with E-state index in [9.17, 15) is 152 Å². The standard InChI is InChI=1S/C94H157N5O50/c1-13-49(138-43(6)104)76(146-83-65(118)58(111)48(106)36-135-83)71(124)81(127)143-74-42(5)137-87(77(69(74)122)147-84-68(121)63(116)73(41(4)136-84)142-80(126)70(123)72(40(3)103)145-85-66(119)61(114)59(112)50(34-100)139-85)149-88(129)94(130)37-93(12)45(44-33-89(7,8)20-16-46(44)94)14-15-53-90(9)21-18-54(91(10,52(90)17-22-92(53,93)11)38-97-98-55(107)19-24-131-26-28-133-30-31-134-29-27-132-25-23-96-99-95)141-82(128)78(148-86-67(120)62(115)60(113)51(35-101)140-86)75(47(105)32-56(108)109)144-79(125)64(117)57(110)39(2)102/h14,38-42,44,46-54,57-69,71,73-87,100-103,105-106,110-128,130H,13,15-37H2,1-12H3,(H,98,107)(H,108,109)/b72-70-,97-38+/t39?,40?,41?,42?,44?,46?,47?,48?,49?,50?,51?,52?,53?,54-,57?,58?,59?,60?,61?,62?,63?,64?,65?,66?,67?,68?,69?,71?,73?,74?,75?,76?,77?,78?,79?,80?,81?,82?,83?,84?,85?,86?,87?,90-,91-,92+,93+,94+/m0/s1. The van der Waals surface area contributed by atoms with Crippen molar-refractivity contribution in [1.29, 1.82) is 0 Å². The highest BCUT2D eigenvalue weighted by Gasteiger charge is 2.73. The maximum Gasteiger partial charge on any atom is 0.340 e. The van der Waals surface area contributed by atoms with Crippen molar-refractivity contribution in [1.82, 2.24) is 5.43 Å². The van der Waals surface area contributed by atoms with E-state index in [1.807, 2.05) is 34.6 Å². The third kappa shape index (κ3) is 28.7. The predicted molar refractivity (Wildman–Crippen MR) is 496 cm³/mol. The number of hydrogen-bond acceptors (Lipinski definition) is 51. The Kier molecular flexibility index (Phi) is 45.4. The number of rotatable bonds is 52. The molecule has 10 rings (SSSR count). The summed E-state index contributed by atoms with van der Waals surface area (Å²) >= 11 is 0. The average molecular weight is 2160 g/mol. The van der Waals surface area contributed by atoms with Gasteiger partial charge in [0, 0.05) is 35.9 Å². The molecule has 4 saturated carbocycles. The molecule has 5 saturated heterocycles. The molecule has 0 bridgehead atoms. The molecule has 0 spiro atoms. The van der Waals surface area contributed by atoms with Gasteiger partial charge in [0.25, 0.3) is 0 Å². The zero-order chi connectivity index (χ0) is 111. The minimum Gasteiger partial charge on any atom is -0.505 e. The number of carbonyl (C=O) groups is 4. The molecule has 28 N–H and O–H groups in total. The van der Waals surface area contributed by atoms with Crippen LogP contribution in [0.15, 0.2) is 33.4 Å². The van der Waals surface area contributed by atoms with Crippen LogP contribution in [0.1, 0.15) is 160 Å². The molecule has 149 heavy (non-hydrogen) atoms. The average Bonchev–Trinajstić information content (AvgIpc) is 0.668. The van der Waals surface area contributed by atoms with Crippen molar-refractivity contribution >= 4 is 30.0 Å². The van der Waals surface area contributed by atoms with Gasteiger partial charge in [-0.15, -0.1) is 0 Å². The van der Waals surface area contributed by atoms with Crippen LogP contribution in [0.4, 0.5) is 0 Å². The quantitative estimate of drug-likeness (QED) is 0.00257. The van der Waals surface area contributed by atoms with Crippen molar-refractivity contribution in [2.45, 2.75) is 405 Å². The molecular weight excluding hydrogens is 2000 g/mol. The van der Waals surface area contributed by atoms with E-state index in [1.165, 1.54) is 27.0 Å². The van der Waals surface area contributed by atoms with E-state index in [1.54, 1.807) is 6.92 Å². The second kappa shape index (κ2) is 54.0. The summed E-state index contributed by atoms with van der Waals surface area (Å²) in [6, 6.07) is 0. The number of carboxylic acid groups (broad SMARTS) is 1. The highest BCUT2D eigenvalue weighted by Crippen LogP contribution is 2.76. The van der Waals surface area contributed by atoms with Gasteiger partial charge in [-0.1, -0.05) is 65.2 Å². The number of nitrogens with one attached hydrogen (secondary N) is 1. The molecule has 0 aromatic heterocycles. The zero-order valence-corrected chi connectivity index (χ0v) is 85.2. The molecule has 1 amide bonds. The van der Waals surface area contributed by atoms with Gasteiger partial charge in [-0.25, -0.2) is 10.2 Å². The number of allylic oxidation sites excluding steroid dienone is 2. The fraction of sp³-hybridized carbons (Fsp3) is 0.904. The Labute approximate surface area is 858 Å². The zero-order valence-electron chi connectivity index (χ0n) is 85.2. The van der Waals surface area contributed by atoms with E-state index in [0.29, 0.717) is 19.3 Å². The van der Waals surface area contributed by atoms with E-state index < -0.39 is 364 Å². The van der Waals surface area contributed by atoms with Crippen LogP contribution in [0.2, 0.25) is 0 Å². The van der Waals surface area contributed by atoms with Gasteiger partial charge in [0.2, 0.25) is 24.8 Å². The van der Waals surface area contributed by atoms with Crippen LogP contribution in [0.25, 0.3) is 10.4 Å². The van der Waals surface area contributed by atoms with E-state index in [4.69, 9.17) is 95.5 Å². The van der Waals surface area contributed by atoms with Crippen molar-refractivity contribution in [3.63, 3.8) is 0 Å². The topological polar surface area (TPSA) is 863 Å². The first kappa shape index (κ1) is 125. The Bertz CT molecular complexity index is 4380. The van der Waals surface area contributed by atoms with Crippen molar-refractivity contribution in [2.75, 3.05) is 79.2 Å². The Hall–Kier alpha value is -5.70. The number of carboxylic acids is 1. The predicted octanol–water partition coefficient (Wildman–Crippen LogP) is -7.46. The molecule has 55 nitrogen and oxygen atoms in total. The maximum atomic E-state index is 16.5. The first-order valence-corrected chi connectivity index (χ1v) is 50.3. The summed E-state index contributed by atoms with van der Waals surface area (Å²) in [6.07, 6.45) is -79.3. The fourth-order valence-corrected chi connectivity index (χ4v) is 23.1. The van der Waals surface area contributed by atoms with Gasteiger partial charge in [0.05, 0.1) is 116 Å². The molecule has 55 heteroatoms. The lowest BCUT2D eigenvalue weighted by Gasteiger charge is -2.71. The van der Waals surface area contributed by atoms with Crippen molar-refractivity contribution in [3.8, 4) is 0 Å². The Morgan fingerprint density at radius 1 is 0.584 bits per heavy atom. The van der Waals surface area contributed by atoms with Crippen LogP contribution in [-0.2, 0) is 109 Å².